The molecule has 0 saturated carbocycles. The van der Waals surface area contributed by atoms with Crippen molar-refractivity contribution in [1.29, 1.82) is 0 Å². The molecule has 1 aromatic carbocycles. The lowest BCUT2D eigenvalue weighted by molar-refractivity contribution is -0.122. The zero-order chi connectivity index (χ0) is 18.4. The summed E-state index contributed by atoms with van der Waals surface area (Å²) in [6.07, 6.45) is 1.91. The molecule has 1 saturated heterocycles. The largest absolute Gasteiger partial charge is 0.379 e. The molecule has 0 radical (unpaired) electrons. The fourth-order valence-electron chi connectivity index (χ4n) is 2.73. The number of ether oxygens (including phenoxy) is 1. The minimum atomic E-state index is -3.32. The number of hydrogen-bond donors (Lipinski definition) is 1. The van der Waals surface area contributed by atoms with Crippen molar-refractivity contribution in [2.24, 2.45) is 5.92 Å². The lowest BCUT2D eigenvalue weighted by Gasteiger charge is -2.21. The van der Waals surface area contributed by atoms with Crippen molar-refractivity contribution in [3.8, 4) is 0 Å². The highest BCUT2D eigenvalue weighted by atomic mass is 35.5. The number of halogens is 1. The topological polar surface area (TPSA) is 75.7 Å². The molecule has 1 aliphatic heterocycles. The van der Waals surface area contributed by atoms with Gasteiger partial charge in [0.05, 0.1) is 25.0 Å². The SMILES string of the molecule is CN(C)S(=O)(=O)C[C@@H]1COC[C@@H]1NC(=O)CCCc1ccc(Cl)cc1. The third kappa shape index (κ3) is 6.26. The Labute approximate surface area is 154 Å². The van der Waals surface area contributed by atoms with Crippen LogP contribution in [-0.4, -0.2) is 57.7 Å². The van der Waals surface area contributed by atoms with Gasteiger partial charge in [0.15, 0.2) is 0 Å². The highest BCUT2D eigenvalue weighted by Gasteiger charge is 2.33. The second-order valence-corrected chi connectivity index (χ2v) is 9.18. The number of carbonyl (C=O) groups is 1. The molecule has 0 unspecified atom stereocenters. The highest BCUT2D eigenvalue weighted by Crippen LogP contribution is 2.18. The van der Waals surface area contributed by atoms with E-state index in [9.17, 15) is 13.2 Å². The molecule has 0 bridgehead atoms. The Kier molecular flexibility index (Phi) is 7.25. The number of sulfonamides is 1. The molecule has 6 nitrogen and oxygen atoms in total. The van der Waals surface area contributed by atoms with Crippen molar-refractivity contribution in [3.63, 3.8) is 0 Å². The number of benzene rings is 1. The van der Waals surface area contributed by atoms with Gasteiger partial charge < -0.3 is 10.1 Å². The molecule has 0 aromatic heterocycles. The summed E-state index contributed by atoms with van der Waals surface area (Å²) in [6, 6.07) is 7.32. The summed E-state index contributed by atoms with van der Waals surface area (Å²) in [4.78, 5) is 12.1. The van der Waals surface area contributed by atoms with Crippen LogP contribution >= 0.6 is 11.6 Å². The summed E-state index contributed by atoms with van der Waals surface area (Å²) >= 11 is 5.85. The average molecular weight is 389 g/mol. The lowest BCUT2D eigenvalue weighted by Crippen LogP contribution is -2.43. The van der Waals surface area contributed by atoms with E-state index in [1.54, 1.807) is 0 Å². The third-order valence-electron chi connectivity index (χ3n) is 4.31. The third-order valence-corrected chi connectivity index (χ3v) is 6.52. The van der Waals surface area contributed by atoms with E-state index in [1.165, 1.54) is 18.4 Å². The van der Waals surface area contributed by atoms with Gasteiger partial charge >= 0.3 is 0 Å². The average Bonchev–Trinajstić information content (AvgIpc) is 2.95. The molecule has 2 atom stereocenters. The summed E-state index contributed by atoms with van der Waals surface area (Å²) in [5.74, 6) is -0.306. The Balaban J connectivity index is 1.78. The van der Waals surface area contributed by atoms with Gasteiger partial charge in [0.2, 0.25) is 15.9 Å². The van der Waals surface area contributed by atoms with Crippen LogP contribution in [0.3, 0.4) is 0 Å². The molecule has 0 aliphatic carbocycles. The zero-order valence-corrected chi connectivity index (χ0v) is 16.1. The van der Waals surface area contributed by atoms with E-state index in [0.29, 0.717) is 24.7 Å². The van der Waals surface area contributed by atoms with Gasteiger partial charge in [0.1, 0.15) is 0 Å². The van der Waals surface area contributed by atoms with E-state index in [0.717, 1.165) is 18.4 Å². The monoisotopic (exact) mass is 388 g/mol. The van der Waals surface area contributed by atoms with Gasteiger partial charge in [0.25, 0.3) is 0 Å². The van der Waals surface area contributed by atoms with Crippen molar-refractivity contribution in [2.45, 2.75) is 25.3 Å². The minimum Gasteiger partial charge on any atom is -0.379 e. The number of hydrogen-bond acceptors (Lipinski definition) is 4. The predicted octanol–water partition coefficient (Wildman–Crippen LogP) is 1.69. The molecule has 1 heterocycles. The maximum atomic E-state index is 12.1. The number of nitrogens with one attached hydrogen (secondary N) is 1. The first kappa shape index (κ1) is 20.2. The first-order chi connectivity index (χ1) is 11.8. The Morgan fingerprint density at radius 3 is 2.60 bits per heavy atom. The fourth-order valence-corrected chi connectivity index (χ4v) is 4.02. The van der Waals surface area contributed by atoms with E-state index < -0.39 is 10.0 Å². The fraction of sp³-hybridized carbons (Fsp3) is 0.588. The number of amides is 1. The Morgan fingerprint density at radius 2 is 1.96 bits per heavy atom. The number of carbonyl (C=O) groups excluding carboxylic acids is 1. The van der Waals surface area contributed by atoms with Gasteiger partial charge in [-0.15, -0.1) is 0 Å². The van der Waals surface area contributed by atoms with Crippen LogP contribution in [0, 0.1) is 5.92 Å². The molecule has 140 valence electrons. The Morgan fingerprint density at radius 1 is 1.28 bits per heavy atom. The van der Waals surface area contributed by atoms with Crippen LogP contribution in [0.4, 0.5) is 0 Å². The van der Waals surface area contributed by atoms with Crippen molar-refractivity contribution in [2.75, 3.05) is 33.1 Å². The van der Waals surface area contributed by atoms with Crippen molar-refractivity contribution >= 4 is 27.5 Å². The predicted molar refractivity (Wildman–Crippen MR) is 98.1 cm³/mol. The molecule has 8 heteroatoms. The summed E-state index contributed by atoms with van der Waals surface area (Å²) in [7, 11) is -0.297. The summed E-state index contributed by atoms with van der Waals surface area (Å²) in [5, 5.41) is 3.61. The smallest absolute Gasteiger partial charge is 0.220 e. The molecule has 1 aromatic rings. The molecular weight excluding hydrogens is 364 g/mol. The van der Waals surface area contributed by atoms with Crippen LogP contribution in [0.1, 0.15) is 18.4 Å². The molecule has 1 fully saturated rings. The minimum absolute atomic E-state index is 0.0181. The van der Waals surface area contributed by atoms with E-state index in [4.69, 9.17) is 16.3 Å². The van der Waals surface area contributed by atoms with Crippen LogP contribution in [0.25, 0.3) is 0 Å². The van der Waals surface area contributed by atoms with Gasteiger partial charge in [0, 0.05) is 31.5 Å². The van der Waals surface area contributed by atoms with Crippen LogP contribution in [-0.2, 0) is 26.0 Å². The first-order valence-electron chi connectivity index (χ1n) is 8.29. The van der Waals surface area contributed by atoms with E-state index in [1.807, 2.05) is 24.3 Å². The van der Waals surface area contributed by atoms with Gasteiger partial charge in [-0.25, -0.2) is 12.7 Å². The molecule has 2 rings (SSSR count). The van der Waals surface area contributed by atoms with Crippen molar-refractivity contribution in [3.05, 3.63) is 34.9 Å². The van der Waals surface area contributed by atoms with Gasteiger partial charge in [-0.2, -0.15) is 0 Å². The number of rotatable bonds is 8. The quantitative estimate of drug-likeness (QED) is 0.735. The zero-order valence-electron chi connectivity index (χ0n) is 14.6. The number of aryl methyl sites for hydroxylation is 1. The van der Waals surface area contributed by atoms with E-state index >= 15 is 0 Å². The number of nitrogens with zero attached hydrogens (tertiary/aromatic N) is 1. The van der Waals surface area contributed by atoms with Crippen LogP contribution in [0.2, 0.25) is 5.02 Å². The van der Waals surface area contributed by atoms with E-state index in [2.05, 4.69) is 5.32 Å². The maximum absolute atomic E-state index is 12.1. The second kappa shape index (κ2) is 8.98. The first-order valence-corrected chi connectivity index (χ1v) is 10.3. The molecule has 25 heavy (non-hydrogen) atoms. The van der Waals surface area contributed by atoms with Crippen LogP contribution < -0.4 is 5.32 Å². The van der Waals surface area contributed by atoms with E-state index in [-0.39, 0.29) is 23.6 Å². The summed E-state index contributed by atoms with van der Waals surface area (Å²) < 4.78 is 30.6. The molecule has 1 amide bonds. The highest BCUT2D eigenvalue weighted by molar-refractivity contribution is 7.89. The van der Waals surface area contributed by atoms with Gasteiger partial charge in [-0.05, 0) is 30.5 Å². The normalized spacial score (nSPS) is 20.8. The second-order valence-electron chi connectivity index (χ2n) is 6.51. The van der Waals surface area contributed by atoms with Gasteiger partial charge in [-0.3, -0.25) is 4.79 Å². The maximum Gasteiger partial charge on any atom is 0.220 e. The van der Waals surface area contributed by atoms with Crippen molar-refractivity contribution in [1.82, 2.24) is 9.62 Å². The Bertz CT molecular complexity index is 676. The Hall–Kier alpha value is -1.15. The van der Waals surface area contributed by atoms with Crippen LogP contribution in [0.5, 0.6) is 0 Å². The molecule has 1 N–H and O–H groups in total. The van der Waals surface area contributed by atoms with Crippen molar-refractivity contribution < 1.29 is 17.9 Å². The molecular formula is C17H25ClN2O4S. The standard InChI is InChI=1S/C17H25ClN2O4S/c1-20(2)25(22,23)12-14-10-24-11-16(14)19-17(21)5-3-4-13-6-8-15(18)9-7-13/h6-9,14,16H,3-5,10-12H2,1-2H3,(H,19,21)/t14-,16-/m0/s1. The molecule has 0 spiro atoms. The van der Waals surface area contributed by atoms with Gasteiger partial charge in [-0.1, -0.05) is 23.7 Å². The lowest BCUT2D eigenvalue weighted by atomic mass is 10.1. The summed E-state index contributed by atoms with van der Waals surface area (Å²) in [6.45, 7) is 0.708. The van der Waals surface area contributed by atoms with Crippen LogP contribution in [0.15, 0.2) is 24.3 Å². The summed E-state index contributed by atoms with van der Waals surface area (Å²) in [5.41, 5.74) is 1.14. The molecule has 1 aliphatic rings.